The van der Waals surface area contributed by atoms with Gasteiger partial charge in [-0.1, -0.05) is 12.8 Å². The average Bonchev–Trinajstić information content (AvgIpc) is 2.49. The van der Waals surface area contributed by atoms with E-state index in [9.17, 15) is 0 Å². The Morgan fingerprint density at radius 3 is 3.05 bits per heavy atom. The normalized spacial score (nSPS) is 26.1. The fourth-order valence-corrected chi connectivity index (χ4v) is 3.40. The van der Waals surface area contributed by atoms with Gasteiger partial charge >= 0.3 is 0 Å². The molecule has 0 amide bonds. The molecule has 2 atom stereocenters. The van der Waals surface area contributed by atoms with E-state index in [0.29, 0.717) is 24.4 Å². The zero-order chi connectivity index (χ0) is 13.9. The van der Waals surface area contributed by atoms with Crippen LogP contribution in [0.2, 0.25) is 0 Å². The third kappa shape index (κ3) is 2.57. The van der Waals surface area contributed by atoms with Gasteiger partial charge in [0.15, 0.2) is 0 Å². The number of benzene rings is 1. The summed E-state index contributed by atoms with van der Waals surface area (Å²) in [5, 5.41) is 0. The summed E-state index contributed by atoms with van der Waals surface area (Å²) in [6, 6.07) is 6.65. The molecular formula is C16H24N2O2. The second-order valence-corrected chi connectivity index (χ2v) is 5.61. The Hall–Kier alpha value is -1.42. The van der Waals surface area contributed by atoms with Crippen LogP contribution in [0, 0.1) is 0 Å². The van der Waals surface area contributed by atoms with Crippen molar-refractivity contribution in [3.63, 3.8) is 0 Å². The van der Waals surface area contributed by atoms with Gasteiger partial charge in [0, 0.05) is 18.3 Å². The molecule has 0 bridgehead atoms. The molecule has 1 saturated heterocycles. The van der Waals surface area contributed by atoms with E-state index >= 15 is 0 Å². The fourth-order valence-electron chi connectivity index (χ4n) is 3.40. The predicted octanol–water partition coefficient (Wildman–Crippen LogP) is 2.82. The first-order chi connectivity index (χ1) is 9.79. The lowest BCUT2D eigenvalue weighted by Crippen LogP contribution is -2.52. The molecule has 1 aromatic rings. The Morgan fingerprint density at radius 2 is 2.20 bits per heavy atom. The monoisotopic (exact) mass is 276 g/mol. The number of nitrogen functional groups attached to an aromatic ring is 1. The molecule has 20 heavy (non-hydrogen) atoms. The van der Waals surface area contributed by atoms with Gasteiger partial charge in [0.05, 0.1) is 31.0 Å². The van der Waals surface area contributed by atoms with Crippen LogP contribution in [0.25, 0.3) is 0 Å². The third-order valence-corrected chi connectivity index (χ3v) is 4.36. The van der Waals surface area contributed by atoms with Crippen LogP contribution in [0.15, 0.2) is 18.2 Å². The van der Waals surface area contributed by atoms with Crippen molar-refractivity contribution in [1.29, 1.82) is 0 Å². The summed E-state index contributed by atoms with van der Waals surface area (Å²) in [5.41, 5.74) is 7.89. The van der Waals surface area contributed by atoms with Crippen molar-refractivity contribution in [2.45, 2.75) is 44.8 Å². The Morgan fingerprint density at radius 1 is 1.35 bits per heavy atom. The molecule has 1 heterocycles. The van der Waals surface area contributed by atoms with Gasteiger partial charge in [-0.2, -0.15) is 0 Å². The molecule has 3 rings (SSSR count). The van der Waals surface area contributed by atoms with E-state index in [1.54, 1.807) is 0 Å². The van der Waals surface area contributed by atoms with Gasteiger partial charge in [0.1, 0.15) is 5.75 Å². The van der Waals surface area contributed by atoms with Gasteiger partial charge in [-0.3, -0.25) is 0 Å². The number of ether oxygens (including phenoxy) is 2. The van der Waals surface area contributed by atoms with E-state index in [-0.39, 0.29) is 0 Å². The highest BCUT2D eigenvalue weighted by molar-refractivity contribution is 5.63. The van der Waals surface area contributed by atoms with Crippen LogP contribution < -0.4 is 15.4 Å². The summed E-state index contributed by atoms with van der Waals surface area (Å²) in [7, 11) is 0. The van der Waals surface area contributed by atoms with Gasteiger partial charge in [-0.25, -0.2) is 0 Å². The van der Waals surface area contributed by atoms with Gasteiger partial charge < -0.3 is 20.1 Å². The molecule has 0 radical (unpaired) electrons. The first kappa shape index (κ1) is 13.6. The van der Waals surface area contributed by atoms with Crippen molar-refractivity contribution in [1.82, 2.24) is 0 Å². The highest BCUT2D eigenvalue weighted by Gasteiger charge is 2.34. The number of nitrogens with two attached hydrogens (primary N) is 1. The van der Waals surface area contributed by atoms with Gasteiger partial charge in [0.25, 0.3) is 0 Å². The third-order valence-electron chi connectivity index (χ3n) is 4.36. The molecule has 2 unspecified atom stereocenters. The lowest BCUT2D eigenvalue weighted by atomic mass is 9.90. The standard InChI is InChI=1S/C16H24N2O2/c1-2-19-16-11-12(7-8-13(16)17)18-9-10-20-15-6-4-3-5-14(15)18/h7-8,11,14-15H,2-6,9-10,17H2,1H3. The quantitative estimate of drug-likeness (QED) is 0.862. The molecule has 4 nitrogen and oxygen atoms in total. The summed E-state index contributed by atoms with van der Waals surface area (Å²) in [5.74, 6) is 0.795. The zero-order valence-corrected chi connectivity index (χ0v) is 12.2. The summed E-state index contributed by atoms with van der Waals surface area (Å²) in [6.07, 6.45) is 5.40. The van der Waals surface area contributed by atoms with Crippen molar-refractivity contribution < 1.29 is 9.47 Å². The van der Waals surface area contributed by atoms with Crippen LogP contribution in [0.4, 0.5) is 11.4 Å². The van der Waals surface area contributed by atoms with Crippen molar-refractivity contribution in [3.8, 4) is 5.75 Å². The SMILES string of the molecule is CCOc1cc(N2CCOC3CCCCC32)ccc1N. The Bertz CT molecular complexity index is 462. The van der Waals surface area contributed by atoms with Crippen molar-refractivity contribution >= 4 is 11.4 Å². The first-order valence-corrected chi connectivity index (χ1v) is 7.70. The Labute approximate surface area is 120 Å². The van der Waals surface area contributed by atoms with Gasteiger partial charge in [0.2, 0.25) is 0 Å². The molecule has 2 aliphatic rings. The minimum absolute atomic E-state index is 0.394. The van der Waals surface area contributed by atoms with E-state index in [2.05, 4.69) is 17.0 Å². The number of anilines is 2. The molecule has 2 fully saturated rings. The maximum Gasteiger partial charge on any atom is 0.144 e. The second-order valence-electron chi connectivity index (χ2n) is 5.61. The van der Waals surface area contributed by atoms with Gasteiger partial charge in [-0.05, 0) is 31.9 Å². The largest absolute Gasteiger partial charge is 0.492 e. The summed E-state index contributed by atoms with van der Waals surface area (Å²) in [6.45, 7) is 4.40. The van der Waals surface area contributed by atoms with Crippen molar-refractivity contribution in [2.75, 3.05) is 30.4 Å². The molecule has 4 heteroatoms. The van der Waals surface area contributed by atoms with E-state index in [1.165, 1.54) is 31.4 Å². The molecule has 1 aromatic carbocycles. The molecule has 0 spiro atoms. The average molecular weight is 276 g/mol. The summed E-state index contributed by atoms with van der Waals surface area (Å²) < 4.78 is 11.6. The first-order valence-electron chi connectivity index (χ1n) is 7.70. The predicted molar refractivity (Wildman–Crippen MR) is 81.4 cm³/mol. The van der Waals surface area contributed by atoms with Crippen LogP contribution in [-0.2, 0) is 4.74 Å². The number of hydrogen-bond donors (Lipinski definition) is 1. The van der Waals surface area contributed by atoms with E-state index < -0.39 is 0 Å². The Balaban J connectivity index is 1.85. The van der Waals surface area contributed by atoms with E-state index in [4.69, 9.17) is 15.2 Å². The maximum absolute atomic E-state index is 5.97. The second kappa shape index (κ2) is 5.92. The summed E-state index contributed by atoms with van der Waals surface area (Å²) in [4.78, 5) is 2.48. The lowest BCUT2D eigenvalue weighted by molar-refractivity contribution is -0.00869. The smallest absolute Gasteiger partial charge is 0.144 e. The maximum atomic E-state index is 5.97. The van der Waals surface area contributed by atoms with Crippen LogP contribution in [0.3, 0.4) is 0 Å². The van der Waals surface area contributed by atoms with E-state index in [1.807, 2.05) is 13.0 Å². The zero-order valence-electron chi connectivity index (χ0n) is 12.2. The number of rotatable bonds is 3. The summed E-state index contributed by atoms with van der Waals surface area (Å²) >= 11 is 0. The van der Waals surface area contributed by atoms with Crippen LogP contribution in [-0.4, -0.2) is 31.9 Å². The van der Waals surface area contributed by atoms with Gasteiger partial charge in [-0.15, -0.1) is 0 Å². The Kier molecular flexibility index (Phi) is 4.01. The minimum Gasteiger partial charge on any atom is -0.492 e. The number of fused-ring (bicyclic) bond motifs is 1. The van der Waals surface area contributed by atoms with Crippen molar-refractivity contribution in [2.24, 2.45) is 0 Å². The molecule has 110 valence electrons. The minimum atomic E-state index is 0.394. The number of hydrogen-bond acceptors (Lipinski definition) is 4. The van der Waals surface area contributed by atoms with Crippen LogP contribution in [0.1, 0.15) is 32.6 Å². The number of nitrogens with zero attached hydrogens (tertiary/aromatic N) is 1. The van der Waals surface area contributed by atoms with Crippen LogP contribution in [0.5, 0.6) is 5.75 Å². The molecule has 1 aliphatic carbocycles. The highest BCUT2D eigenvalue weighted by atomic mass is 16.5. The molecule has 1 aliphatic heterocycles. The number of morpholine rings is 1. The molecule has 0 aromatic heterocycles. The van der Waals surface area contributed by atoms with Crippen molar-refractivity contribution in [3.05, 3.63) is 18.2 Å². The molecular weight excluding hydrogens is 252 g/mol. The lowest BCUT2D eigenvalue weighted by Gasteiger charge is -2.45. The highest BCUT2D eigenvalue weighted by Crippen LogP contribution is 2.35. The molecule has 1 saturated carbocycles. The van der Waals surface area contributed by atoms with Crippen LogP contribution >= 0.6 is 0 Å². The fraction of sp³-hybridized carbons (Fsp3) is 0.625. The topological polar surface area (TPSA) is 47.7 Å². The molecule has 2 N–H and O–H groups in total. The van der Waals surface area contributed by atoms with E-state index in [0.717, 1.165) is 18.9 Å².